The van der Waals surface area contributed by atoms with Crippen molar-refractivity contribution < 1.29 is 9.59 Å². The van der Waals surface area contributed by atoms with Gasteiger partial charge in [-0.25, -0.2) is 0 Å². The number of halogens is 2. The topological polar surface area (TPSA) is 64.7 Å². The highest BCUT2D eigenvalue weighted by atomic mass is 35.5. The van der Waals surface area contributed by atoms with Crippen molar-refractivity contribution in [2.45, 2.75) is 12.5 Å². The number of piperazine rings is 1. The standard InChI is InChI=1S/C29H30Cl2N4O2/c30-25-13-11-22(26(31)21-25)12-14-27(36)32-33-28(37)15-16-34-17-19-35(20-18-34)29(23-7-3-1-4-8-23)24-9-5-2-6-10-24/h1-14,21,29H,15-20H2,(H,32,36)(H,33,37). The maximum Gasteiger partial charge on any atom is 0.262 e. The Morgan fingerprint density at radius 1 is 0.838 bits per heavy atom. The van der Waals surface area contributed by atoms with Gasteiger partial charge in [0.25, 0.3) is 5.91 Å². The Balaban J connectivity index is 1.21. The van der Waals surface area contributed by atoms with E-state index in [2.05, 4.69) is 69.2 Å². The summed E-state index contributed by atoms with van der Waals surface area (Å²) in [5.74, 6) is -0.680. The second kappa shape index (κ2) is 13.4. The molecule has 1 aliphatic rings. The highest BCUT2D eigenvalue weighted by Gasteiger charge is 2.26. The first-order valence-corrected chi connectivity index (χ1v) is 13.0. The van der Waals surface area contributed by atoms with Crippen molar-refractivity contribution in [3.05, 3.63) is 112 Å². The number of carbonyl (C=O) groups is 2. The van der Waals surface area contributed by atoms with Crippen LogP contribution in [0.25, 0.3) is 6.08 Å². The molecule has 1 fully saturated rings. The summed E-state index contributed by atoms with van der Waals surface area (Å²) in [6.07, 6.45) is 3.18. The van der Waals surface area contributed by atoms with Crippen LogP contribution in [0.4, 0.5) is 0 Å². The van der Waals surface area contributed by atoms with Crippen molar-refractivity contribution >= 4 is 41.1 Å². The van der Waals surface area contributed by atoms with Crippen LogP contribution in [-0.2, 0) is 9.59 Å². The van der Waals surface area contributed by atoms with Crippen LogP contribution in [-0.4, -0.2) is 54.3 Å². The second-order valence-electron chi connectivity index (χ2n) is 8.89. The maximum atomic E-state index is 12.3. The molecule has 0 radical (unpaired) electrons. The summed E-state index contributed by atoms with van der Waals surface area (Å²) in [4.78, 5) is 29.1. The van der Waals surface area contributed by atoms with Crippen LogP contribution in [0.15, 0.2) is 84.9 Å². The van der Waals surface area contributed by atoms with Crippen molar-refractivity contribution in [2.24, 2.45) is 0 Å². The van der Waals surface area contributed by atoms with Gasteiger partial charge in [-0.15, -0.1) is 0 Å². The van der Waals surface area contributed by atoms with Crippen LogP contribution in [0.2, 0.25) is 10.0 Å². The van der Waals surface area contributed by atoms with Gasteiger partial charge in [-0.2, -0.15) is 0 Å². The van der Waals surface area contributed by atoms with Gasteiger partial charge in [-0.05, 0) is 34.9 Å². The number of rotatable bonds is 8. The average Bonchev–Trinajstić information content (AvgIpc) is 2.92. The van der Waals surface area contributed by atoms with Crippen molar-refractivity contribution in [3.63, 3.8) is 0 Å². The number of nitrogens with one attached hydrogen (secondary N) is 2. The Labute approximate surface area is 227 Å². The molecule has 1 aliphatic heterocycles. The summed E-state index contributed by atoms with van der Waals surface area (Å²) in [6.45, 7) is 4.20. The zero-order chi connectivity index (χ0) is 26.0. The molecular weight excluding hydrogens is 507 g/mol. The number of carbonyl (C=O) groups excluding carboxylic acids is 2. The molecule has 37 heavy (non-hydrogen) atoms. The Kier molecular flexibility index (Phi) is 9.74. The van der Waals surface area contributed by atoms with E-state index in [1.807, 2.05) is 12.1 Å². The molecule has 6 nitrogen and oxygen atoms in total. The quantitative estimate of drug-likeness (QED) is 0.315. The monoisotopic (exact) mass is 536 g/mol. The third-order valence-electron chi connectivity index (χ3n) is 6.36. The van der Waals surface area contributed by atoms with E-state index in [9.17, 15) is 9.59 Å². The second-order valence-corrected chi connectivity index (χ2v) is 9.73. The number of hydrazine groups is 1. The SMILES string of the molecule is O=C(C=Cc1ccc(Cl)cc1Cl)NNC(=O)CCN1CCN(C(c2ccccc2)c2ccccc2)CC1. The van der Waals surface area contributed by atoms with E-state index in [1.54, 1.807) is 24.3 Å². The number of benzene rings is 3. The lowest BCUT2D eigenvalue weighted by Crippen LogP contribution is -2.49. The number of amides is 2. The Bertz CT molecular complexity index is 1170. The minimum absolute atomic E-state index is 0.207. The van der Waals surface area contributed by atoms with Crippen LogP contribution in [0.5, 0.6) is 0 Å². The van der Waals surface area contributed by atoms with E-state index in [4.69, 9.17) is 23.2 Å². The molecule has 0 bridgehead atoms. The minimum Gasteiger partial charge on any atom is -0.300 e. The summed E-state index contributed by atoms with van der Waals surface area (Å²) in [7, 11) is 0. The summed E-state index contributed by atoms with van der Waals surface area (Å²) >= 11 is 12.0. The normalized spacial score (nSPS) is 14.7. The Morgan fingerprint density at radius 3 is 2.05 bits per heavy atom. The molecule has 0 saturated carbocycles. The Hall–Kier alpha value is -3.16. The van der Waals surface area contributed by atoms with Gasteiger partial charge in [0.2, 0.25) is 5.91 Å². The molecule has 3 aromatic rings. The molecule has 1 saturated heterocycles. The van der Waals surface area contributed by atoms with Gasteiger partial charge in [0.15, 0.2) is 0 Å². The van der Waals surface area contributed by atoms with Crippen LogP contribution in [0, 0.1) is 0 Å². The third-order valence-corrected chi connectivity index (χ3v) is 6.92. The van der Waals surface area contributed by atoms with E-state index >= 15 is 0 Å². The fourth-order valence-electron chi connectivity index (χ4n) is 4.43. The number of nitrogens with zero attached hydrogens (tertiary/aromatic N) is 2. The molecule has 0 spiro atoms. The van der Waals surface area contributed by atoms with Gasteiger partial charge in [-0.1, -0.05) is 89.9 Å². The minimum atomic E-state index is -0.444. The summed E-state index contributed by atoms with van der Waals surface area (Å²) in [6, 6.07) is 26.4. The van der Waals surface area contributed by atoms with Crippen molar-refractivity contribution in [1.29, 1.82) is 0 Å². The van der Waals surface area contributed by atoms with Crippen LogP contribution in [0.3, 0.4) is 0 Å². The van der Waals surface area contributed by atoms with Crippen LogP contribution < -0.4 is 10.9 Å². The van der Waals surface area contributed by atoms with Crippen molar-refractivity contribution in [1.82, 2.24) is 20.7 Å². The highest BCUT2D eigenvalue weighted by molar-refractivity contribution is 6.35. The van der Waals surface area contributed by atoms with E-state index in [0.29, 0.717) is 28.6 Å². The molecule has 2 amide bonds. The van der Waals surface area contributed by atoms with E-state index in [1.165, 1.54) is 17.2 Å². The highest BCUT2D eigenvalue weighted by Crippen LogP contribution is 2.29. The van der Waals surface area contributed by atoms with Crippen LogP contribution in [0.1, 0.15) is 29.2 Å². The molecule has 4 rings (SSSR count). The molecule has 0 atom stereocenters. The lowest BCUT2D eigenvalue weighted by Gasteiger charge is -2.39. The zero-order valence-electron chi connectivity index (χ0n) is 20.4. The van der Waals surface area contributed by atoms with Gasteiger partial charge in [0.1, 0.15) is 0 Å². The summed E-state index contributed by atoms with van der Waals surface area (Å²) < 4.78 is 0. The zero-order valence-corrected chi connectivity index (χ0v) is 22.0. The smallest absolute Gasteiger partial charge is 0.262 e. The van der Waals surface area contributed by atoms with Gasteiger partial charge in [0, 0.05) is 55.3 Å². The van der Waals surface area contributed by atoms with Gasteiger partial charge in [0.05, 0.1) is 6.04 Å². The molecule has 2 N–H and O–H groups in total. The lowest BCUT2D eigenvalue weighted by atomic mass is 9.96. The molecule has 0 aromatic heterocycles. The van der Waals surface area contributed by atoms with E-state index in [-0.39, 0.29) is 11.9 Å². The molecule has 1 heterocycles. The molecular formula is C29H30Cl2N4O2. The predicted octanol–water partition coefficient (Wildman–Crippen LogP) is 4.95. The Morgan fingerprint density at radius 2 is 1.46 bits per heavy atom. The summed E-state index contributed by atoms with van der Waals surface area (Å²) in [5, 5.41) is 0.965. The largest absolute Gasteiger partial charge is 0.300 e. The maximum absolute atomic E-state index is 12.3. The fraction of sp³-hybridized carbons (Fsp3) is 0.241. The van der Waals surface area contributed by atoms with Crippen LogP contribution >= 0.6 is 23.2 Å². The van der Waals surface area contributed by atoms with Gasteiger partial charge >= 0.3 is 0 Å². The van der Waals surface area contributed by atoms with Gasteiger partial charge < -0.3 is 4.90 Å². The molecule has 0 aliphatic carbocycles. The predicted molar refractivity (Wildman–Crippen MR) is 149 cm³/mol. The van der Waals surface area contributed by atoms with Crippen molar-refractivity contribution in [3.8, 4) is 0 Å². The van der Waals surface area contributed by atoms with E-state index < -0.39 is 5.91 Å². The van der Waals surface area contributed by atoms with E-state index in [0.717, 1.165) is 26.2 Å². The molecule has 8 heteroatoms. The van der Waals surface area contributed by atoms with Gasteiger partial charge in [-0.3, -0.25) is 25.3 Å². The number of hydrogen-bond acceptors (Lipinski definition) is 4. The molecule has 0 unspecified atom stereocenters. The third kappa shape index (κ3) is 7.91. The molecule has 192 valence electrons. The fourth-order valence-corrected chi connectivity index (χ4v) is 4.90. The first kappa shape index (κ1) is 26.9. The first-order valence-electron chi connectivity index (χ1n) is 12.3. The molecule has 3 aromatic carbocycles. The average molecular weight is 537 g/mol. The number of hydrogen-bond donors (Lipinski definition) is 2. The summed E-state index contributed by atoms with van der Waals surface area (Å²) in [5.41, 5.74) is 8.10. The first-order chi connectivity index (χ1) is 18.0. The lowest BCUT2D eigenvalue weighted by molar-refractivity contribution is -0.127. The van der Waals surface area contributed by atoms with Crippen molar-refractivity contribution in [2.75, 3.05) is 32.7 Å².